The Morgan fingerprint density at radius 3 is 2.77 bits per heavy atom. The molecule has 0 bridgehead atoms. The zero-order chi connectivity index (χ0) is 9.14. The van der Waals surface area contributed by atoms with Crippen LogP contribution in [0.5, 0.6) is 0 Å². The van der Waals surface area contributed by atoms with E-state index in [4.69, 9.17) is 5.73 Å². The van der Waals surface area contributed by atoms with E-state index in [1.54, 1.807) is 6.92 Å². The minimum atomic E-state index is -0.802. The molecule has 0 spiro atoms. The van der Waals surface area contributed by atoms with Crippen molar-refractivity contribution >= 4 is 12.4 Å². The summed E-state index contributed by atoms with van der Waals surface area (Å²) in [7, 11) is 0. The minimum absolute atomic E-state index is 0. The molecule has 0 aromatic carbocycles. The zero-order valence-electron chi connectivity index (χ0n) is 7.20. The molecule has 1 rings (SSSR count). The van der Waals surface area contributed by atoms with Crippen LogP contribution in [0.1, 0.15) is 17.4 Å². The molecule has 13 heavy (non-hydrogen) atoms. The maximum atomic E-state index is 12.7. The van der Waals surface area contributed by atoms with E-state index in [0.717, 1.165) is 6.20 Å². The van der Waals surface area contributed by atoms with E-state index in [2.05, 4.69) is 4.98 Å². The van der Waals surface area contributed by atoms with Gasteiger partial charge in [0, 0.05) is 6.54 Å². The van der Waals surface area contributed by atoms with Crippen LogP contribution in [0.25, 0.3) is 0 Å². The Kier molecular flexibility index (Phi) is 4.83. The number of aromatic nitrogens is 1. The van der Waals surface area contributed by atoms with Gasteiger partial charge in [-0.15, -0.1) is 12.4 Å². The molecule has 1 aromatic rings. The Morgan fingerprint density at radius 1 is 1.69 bits per heavy atom. The Morgan fingerprint density at radius 2 is 2.31 bits per heavy atom. The molecular weight excluding hydrogens is 195 g/mol. The highest BCUT2D eigenvalue weighted by Gasteiger charge is 2.07. The highest BCUT2D eigenvalue weighted by atomic mass is 35.5. The quantitative estimate of drug-likeness (QED) is 0.757. The summed E-state index contributed by atoms with van der Waals surface area (Å²) in [6.45, 7) is 1.71. The van der Waals surface area contributed by atoms with Gasteiger partial charge in [0.25, 0.3) is 0 Å². The summed E-state index contributed by atoms with van der Waals surface area (Å²) in [5.74, 6) is -0.372. The van der Waals surface area contributed by atoms with E-state index in [9.17, 15) is 9.50 Å². The van der Waals surface area contributed by atoms with E-state index in [0.29, 0.717) is 11.3 Å². The third-order valence-corrected chi connectivity index (χ3v) is 1.63. The van der Waals surface area contributed by atoms with E-state index in [-0.39, 0.29) is 24.8 Å². The SMILES string of the molecule is Cc1cc(C(O)CN)ncc1F.Cl. The average molecular weight is 207 g/mol. The molecule has 0 radical (unpaired) electrons. The average Bonchev–Trinajstić information content (AvgIpc) is 2.08. The number of hydrogen-bond acceptors (Lipinski definition) is 3. The Hall–Kier alpha value is -0.710. The van der Waals surface area contributed by atoms with Crippen molar-refractivity contribution in [3.63, 3.8) is 0 Å². The summed E-state index contributed by atoms with van der Waals surface area (Å²) in [6, 6.07) is 1.49. The fourth-order valence-electron chi connectivity index (χ4n) is 0.864. The van der Waals surface area contributed by atoms with Gasteiger partial charge in [-0.3, -0.25) is 4.98 Å². The first-order valence-electron chi connectivity index (χ1n) is 3.65. The lowest BCUT2D eigenvalue weighted by atomic mass is 10.2. The maximum Gasteiger partial charge on any atom is 0.144 e. The number of halogens is 2. The van der Waals surface area contributed by atoms with E-state index in [1.807, 2.05) is 0 Å². The van der Waals surface area contributed by atoms with E-state index >= 15 is 0 Å². The third kappa shape index (κ3) is 2.91. The Labute approximate surface area is 82.2 Å². The lowest BCUT2D eigenvalue weighted by Gasteiger charge is -2.07. The number of hydrogen-bond donors (Lipinski definition) is 2. The van der Waals surface area contributed by atoms with Crippen molar-refractivity contribution in [2.45, 2.75) is 13.0 Å². The molecule has 1 heterocycles. The van der Waals surface area contributed by atoms with Gasteiger partial charge < -0.3 is 10.8 Å². The van der Waals surface area contributed by atoms with Crippen molar-refractivity contribution in [1.29, 1.82) is 0 Å². The maximum absolute atomic E-state index is 12.7. The number of aryl methyl sites for hydroxylation is 1. The number of rotatable bonds is 2. The molecule has 1 aromatic heterocycles. The van der Waals surface area contributed by atoms with E-state index < -0.39 is 6.10 Å². The summed E-state index contributed by atoms with van der Waals surface area (Å²) >= 11 is 0. The number of aliphatic hydroxyl groups is 1. The third-order valence-electron chi connectivity index (χ3n) is 1.63. The summed E-state index contributed by atoms with van der Waals surface area (Å²) in [5.41, 5.74) is 6.09. The first kappa shape index (κ1) is 12.3. The summed E-state index contributed by atoms with van der Waals surface area (Å²) in [4.78, 5) is 3.70. The molecule has 3 nitrogen and oxygen atoms in total. The van der Waals surface area contributed by atoms with Crippen molar-refractivity contribution < 1.29 is 9.50 Å². The van der Waals surface area contributed by atoms with Crippen molar-refractivity contribution in [3.8, 4) is 0 Å². The highest BCUT2D eigenvalue weighted by Crippen LogP contribution is 2.11. The second-order valence-electron chi connectivity index (χ2n) is 2.61. The smallest absolute Gasteiger partial charge is 0.144 e. The van der Waals surface area contributed by atoms with Gasteiger partial charge in [-0.2, -0.15) is 0 Å². The van der Waals surface area contributed by atoms with Gasteiger partial charge in [0.05, 0.1) is 11.9 Å². The molecule has 1 unspecified atom stereocenters. The van der Waals surface area contributed by atoms with Gasteiger partial charge in [0.1, 0.15) is 11.9 Å². The molecule has 74 valence electrons. The van der Waals surface area contributed by atoms with Crippen LogP contribution in [0.4, 0.5) is 4.39 Å². The predicted molar refractivity (Wildman–Crippen MR) is 50.2 cm³/mol. The number of nitrogens with zero attached hydrogens (tertiary/aromatic N) is 1. The summed E-state index contributed by atoms with van der Waals surface area (Å²) in [5, 5.41) is 9.23. The molecule has 0 amide bonds. The van der Waals surface area contributed by atoms with Crippen LogP contribution in [-0.4, -0.2) is 16.6 Å². The van der Waals surface area contributed by atoms with Crippen LogP contribution >= 0.6 is 12.4 Å². The number of aliphatic hydroxyl groups excluding tert-OH is 1. The van der Waals surface area contributed by atoms with Crippen LogP contribution < -0.4 is 5.73 Å². The van der Waals surface area contributed by atoms with Crippen LogP contribution in [0, 0.1) is 12.7 Å². The van der Waals surface area contributed by atoms with Gasteiger partial charge in [-0.05, 0) is 18.6 Å². The normalized spacial score (nSPS) is 12.0. The first-order valence-corrected chi connectivity index (χ1v) is 3.65. The summed E-state index contributed by atoms with van der Waals surface area (Å²) < 4.78 is 12.7. The van der Waals surface area contributed by atoms with Crippen molar-refractivity contribution in [2.75, 3.05) is 6.54 Å². The highest BCUT2D eigenvalue weighted by molar-refractivity contribution is 5.85. The van der Waals surface area contributed by atoms with Crippen molar-refractivity contribution in [3.05, 3.63) is 29.3 Å². The monoisotopic (exact) mass is 206 g/mol. The summed E-state index contributed by atoms with van der Waals surface area (Å²) in [6.07, 6.45) is 0.285. The van der Waals surface area contributed by atoms with Gasteiger partial charge in [-0.1, -0.05) is 0 Å². The van der Waals surface area contributed by atoms with Crippen molar-refractivity contribution in [1.82, 2.24) is 4.98 Å². The largest absolute Gasteiger partial charge is 0.385 e. The molecular formula is C8H12ClFN2O. The fraction of sp³-hybridized carbons (Fsp3) is 0.375. The Bertz CT molecular complexity index is 283. The predicted octanol–water partition coefficient (Wildman–Crippen LogP) is 0.943. The van der Waals surface area contributed by atoms with Crippen LogP contribution in [0.2, 0.25) is 0 Å². The first-order chi connectivity index (χ1) is 5.65. The fourth-order valence-corrected chi connectivity index (χ4v) is 0.864. The lowest BCUT2D eigenvalue weighted by Crippen LogP contribution is -2.13. The standard InChI is InChI=1S/C8H11FN2O.ClH/c1-5-2-7(8(12)3-10)11-4-6(5)9;/h2,4,8,12H,3,10H2,1H3;1H. The molecule has 0 aliphatic carbocycles. The second kappa shape index (κ2) is 5.11. The van der Waals surface area contributed by atoms with Crippen molar-refractivity contribution in [2.24, 2.45) is 5.73 Å². The molecule has 3 N–H and O–H groups in total. The molecule has 1 atom stereocenters. The zero-order valence-corrected chi connectivity index (χ0v) is 8.01. The van der Waals surface area contributed by atoms with Crippen LogP contribution in [0.15, 0.2) is 12.3 Å². The van der Waals surface area contributed by atoms with Gasteiger partial charge in [0.2, 0.25) is 0 Å². The topological polar surface area (TPSA) is 59.1 Å². The molecule has 0 saturated carbocycles. The van der Waals surface area contributed by atoms with Gasteiger partial charge in [-0.25, -0.2) is 4.39 Å². The number of nitrogens with two attached hydrogens (primary N) is 1. The van der Waals surface area contributed by atoms with Crippen LogP contribution in [-0.2, 0) is 0 Å². The van der Waals surface area contributed by atoms with Gasteiger partial charge in [0.15, 0.2) is 0 Å². The molecule has 0 aliphatic rings. The lowest BCUT2D eigenvalue weighted by molar-refractivity contribution is 0.181. The molecule has 0 saturated heterocycles. The Balaban J connectivity index is 0.00000144. The molecule has 5 heteroatoms. The molecule has 0 aliphatic heterocycles. The van der Waals surface area contributed by atoms with Crippen LogP contribution in [0.3, 0.4) is 0 Å². The van der Waals surface area contributed by atoms with E-state index in [1.165, 1.54) is 6.07 Å². The molecule has 0 fully saturated rings. The second-order valence-corrected chi connectivity index (χ2v) is 2.61. The minimum Gasteiger partial charge on any atom is -0.385 e. The van der Waals surface area contributed by atoms with Gasteiger partial charge >= 0.3 is 0 Å². The number of pyridine rings is 1.